The third-order valence-corrected chi connectivity index (χ3v) is 9.96. The summed E-state index contributed by atoms with van der Waals surface area (Å²) in [7, 11) is 0. The van der Waals surface area contributed by atoms with Crippen LogP contribution in [-0.4, -0.2) is 9.55 Å². The summed E-state index contributed by atoms with van der Waals surface area (Å²) in [6, 6.07) is 55.5. The molecule has 49 heavy (non-hydrogen) atoms. The van der Waals surface area contributed by atoms with Crippen LogP contribution in [0.25, 0.3) is 105 Å². The van der Waals surface area contributed by atoms with Crippen molar-refractivity contribution >= 4 is 76.4 Å². The molecular weight excluding hydrogens is 601 g/mol. The molecule has 3 heterocycles. The predicted molar refractivity (Wildman–Crippen MR) is 202 cm³/mol. The summed E-state index contributed by atoms with van der Waals surface area (Å²) in [5.41, 5.74) is 9.50. The Morgan fingerprint density at radius 3 is 2.00 bits per heavy atom. The fourth-order valence-electron chi connectivity index (χ4n) is 7.66. The monoisotopic (exact) mass is 626 g/mol. The molecule has 0 aliphatic heterocycles. The van der Waals surface area contributed by atoms with Gasteiger partial charge in [0.05, 0.1) is 16.4 Å². The third-order valence-electron chi connectivity index (χ3n) is 9.96. The predicted octanol–water partition coefficient (Wildman–Crippen LogP) is 12.5. The van der Waals surface area contributed by atoms with E-state index in [0.717, 1.165) is 60.9 Å². The highest BCUT2D eigenvalue weighted by Crippen LogP contribution is 2.43. The van der Waals surface area contributed by atoms with Crippen LogP contribution in [0, 0.1) is 0 Å². The molecule has 0 aliphatic rings. The lowest BCUT2D eigenvalue weighted by Crippen LogP contribution is -1.93. The minimum absolute atomic E-state index is 0.576. The number of hydrogen-bond acceptors (Lipinski definition) is 3. The van der Waals surface area contributed by atoms with Gasteiger partial charge in [-0.1, -0.05) is 103 Å². The highest BCUT2D eigenvalue weighted by atomic mass is 16.4. The van der Waals surface area contributed by atoms with Crippen LogP contribution < -0.4 is 0 Å². The minimum Gasteiger partial charge on any atom is -0.456 e. The average molecular weight is 627 g/mol. The average Bonchev–Trinajstić information content (AvgIpc) is 3.85. The van der Waals surface area contributed by atoms with Crippen molar-refractivity contribution in [1.29, 1.82) is 0 Å². The van der Waals surface area contributed by atoms with Crippen LogP contribution in [0.3, 0.4) is 0 Å². The van der Waals surface area contributed by atoms with E-state index in [2.05, 4.69) is 144 Å². The zero-order valence-electron chi connectivity index (χ0n) is 26.2. The molecule has 0 bridgehead atoms. The molecule has 0 fully saturated rings. The molecule has 3 aromatic heterocycles. The van der Waals surface area contributed by atoms with Gasteiger partial charge in [0.25, 0.3) is 0 Å². The maximum absolute atomic E-state index is 6.83. The van der Waals surface area contributed by atoms with Gasteiger partial charge in [0.15, 0.2) is 5.58 Å². The van der Waals surface area contributed by atoms with Crippen molar-refractivity contribution in [3.8, 4) is 28.3 Å². The van der Waals surface area contributed by atoms with Crippen molar-refractivity contribution < 1.29 is 8.83 Å². The standard InChI is InChI=1S/C45H26N2O2/c1-2-14-33(15-3-1)47-38-25-32(20-21-34(38)37-23-29-12-6-7-13-30(29)24-39(37)47)45-46-43-36(31-19-18-27-10-4-5-11-28(27)22-31)26-41-42(44(43)49-45)35-16-8-9-17-40(35)48-41/h1-26H. The SMILES string of the molecule is c1ccc(-n2c3cc(-c4nc5c(-c6ccc7ccccc7c6)cc6oc7ccccc7c6c5o4)ccc3c3cc4ccccc4cc32)cc1. The summed E-state index contributed by atoms with van der Waals surface area (Å²) < 4.78 is 15.6. The van der Waals surface area contributed by atoms with Gasteiger partial charge in [-0.25, -0.2) is 4.98 Å². The first-order chi connectivity index (χ1) is 24.3. The first kappa shape index (κ1) is 26.4. The molecular formula is C45H26N2O2. The molecule has 0 saturated carbocycles. The van der Waals surface area contributed by atoms with Crippen molar-refractivity contribution in [3.63, 3.8) is 0 Å². The van der Waals surface area contributed by atoms with E-state index in [-0.39, 0.29) is 0 Å². The second kappa shape index (κ2) is 9.93. The number of rotatable bonds is 3. The number of nitrogens with zero attached hydrogens (tertiary/aromatic N) is 2. The molecule has 0 unspecified atom stereocenters. The smallest absolute Gasteiger partial charge is 0.227 e. The van der Waals surface area contributed by atoms with Gasteiger partial charge in [0.2, 0.25) is 5.89 Å². The fraction of sp³-hybridized carbons (Fsp3) is 0. The van der Waals surface area contributed by atoms with Crippen molar-refractivity contribution in [1.82, 2.24) is 9.55 Å². The van der Waals surface area contributed by atoms with Crippen molar-refractivity contribution in [2.24, 2.45) is 0 Å². The Morgan fingerprint density at radius 2 is 1.14 bits per heavy atom. The lowest BCUT2D eigenvalue weighted by molar-refractivity contribution is 0.622. The Balaban J connectivity index is 1.20. The molecule has 0 N–H and O–H groups in total. The number of aromatic nitrogens is 2. The summed E-state index contributed by atoms with van der Waals surface area (Å²) in [4.78, 5) is 5.27. The second-order valence-corrected chi connectivity index (χ2v) is 12.8. The van der Waals surface area contributed by atoms with Crippen LogP contribution in [0.5, 0.6) is 0 Å². The van der Waals surface area contributed by atoms with E-state index in [9.17, 15) is 0 Å². The molecule has 11 rings (SSSR count). The topological polar surface area (TPSA) is 44.1 Å². The first-order valence-electron chi connectivity index (χ1n) is 16.5. The van der Waals surface area contributed by atoms with Gasteiger partial charge in [-0.3, -0.25) is 0 Å². The zero-order chi connectivity index (χ0) is 32.1. The van der Waals surface area contributed by atoms with Gasteiger partial charge >= 0.3 is 0 Å². The van der Waals surface area contributed by atoms with Crippen LogP contribution in [0.1, 0.15) is 0 Å². The summed E-state index contributed by atoms with van der Waals surface area (Å²) in [6.07, 6.45) is 0. The number of furan rings is 1. The summed E-state index contributed by atoms with van der Waals surface area (Å²) in [6.45, 7) is 0. The Labute approximate surface area is 280 Å². The van der Waals surface area contributed by atoms with Crippen LogP contribution in [0.15, 0.2) is 167 Å². The van der Waals surface area contributed by atoms with Crippen molar-refractivity contribution in [2.75, 3.05) is 0 Å². The minimum atomic E-state index is 0.576. The van der Waals surface area contributed by atoms with E-state index in [1.54, 1.807) is 0 Å². The van der Waals surface area contributed by atoms with E-state index < -0.39 is 0 Å². The first-order valence-corrected chi connectivity index (χ1v) is 16.5. The summed E-state index contributed by atoms with van der Waals surface area (Å²) >= 11 is 0. The van der Waals surface area contributed by atoms with Gasteiger partial charge in [-0.05, 0) is 81.7 Å². The molecule has 4 nitrogen and oxygen atoms in total. The van der Waals surface area contributed by atoms with Crippen LogP contribution in [0.4, 0.5) is 0 Å². The van der Waals surface area contributed by atoms with Gasteiger partial charge in [-0.15, -0.1) is 0 Å². The summed E-state index contributed by atoms with van der Waals surface area (Å²) in [5, 5.41) is 9.17. The van der Waals surface area contributed by atoms with E-state index in [1.807, 2.05) is 18.2 Å². The number of fused-ring (bicyclic) bond motifs is 10. The molecule has 0 atom stereocenters. The van der Waals surface area contributed by atoms with E-state index in [1.165, 1.54) is 37.8 Å². The van der Waals surface area contributed by atoms with Gasteiger partial charge in [0.1, 0.15) is 16.7 Å². The van der Waals surface area contributed by atoms with Gasteiger partial charge in [-0.2, -0.15) is 0 Å². The number of oxazole rings is 1. The second-order valence-electron chi connectivity index (χ2n) is 12.8. The zero-order valence-corrected chi connectivity index (χ0v) is 26.2. The normalized spacial score (nSPS) is 12.1. The number of para-hydroxylation sites is 2. The number of hydrogen-bond donors (Lipinski definition) is 0. The number of benzene rings is 8. The molecule has 0 radical (unpaired) electrons. The molecule has 8 aromatic carbocycles. The molecule has 0 aliphatic carbocycles. The maximum atomic E-state index is 6.83. The largest absolute Gasteiger partial charge is 0.456 e. The molecule has 0 saturated heterocycles. The highest BCUT2D eigenvalue weighted by molar-refractivity contribution is 6.20. The van der Waals surface area contributed by atoms with Crippen LogP contribution >= 0.6 is 0 Å². The Bertz CT molecular complexity index is 3110. The fourth-order valence-corrected chi connectivity index (χ4v) is 7.66. The van der Waals surface area contributed by atoms with E-state index in [4.69, 9.17) is 13.8 Å². The van der Waals surface area contributed by atoms with Crippen LogP contribution in [0.2, 0.25) is 0 Å². The maximum Gasteiger partial charge on any atom is 0.227 e. The molecule has 228 valence electrons. The Morgan fingerprint density at radius 1 is 0.449 bits per heavy atom. The van der Waals surface area contributed by atoms with Crippen LogP contribution in [-0.2, 0) is 0 Å². The molecule has 0 amide bonds. The van der Waals surface area contributed by atoms with Gasteiger partial charge in [0, 0.05) is 33.0 Å². The quantitative estimate of drug-likeness (QED) is 0.196. The highest BCUT2D eigenvalue weighted by Gasteiger charge is 2.22. The molecule has 0 spiro atoms. The lowest BCUT2D eigenvalue weighted by Gasteiger charge is -2.08. The van der Waals surface area contributed by atoms with E-state index >= 15 is 0 Å². The van der Waals surface area contributed by atoms with Crippen molar-refractivity contribution in [2.45, 2.75) is 0 Å². The van der Waals surface area contributed by atoms with E-state index in [0.29, 0.717) is 5.89 Å². The Kier molecular flexibility index (Phi) is 5.35. The van der Waals surface area contributed by atoms with Crippen molar-refractivity contribution in [3.05, 3.63) is 158 Å². The van der Waals surface area contributed by atoms with Gasteiger partial charge < -0.3 is 13.4 Å². The Hall–Kier alpha value is -6.65. The molecule has 4 heteroatoms. The summed E-state index contributed by atoms with van der Waals surface area (Å²) in [5.74, 6) is 0.576. The molecule has 11 aromatic rings. The third kappa shape index (κ3) is 3.89. The lowest BCUT2D eigenvalue weighted by atomic mass is 9.98.